The molecule has 0 radical (unpaired) electrons. The fourth-order valence-electron chi connectivity index (χ4n) is 1.89. The van der Waals surface area contributed by atoms with Gasteiger partial charge in [0.1, 0.15) is 0 Å². The number of aliphatic hydroxyl groups excluding tert-OH is 1. The standard InChI is InChI=1S/C12H18F3N3O3P2S/c13-12(14,15)10(19)7-17-6-5-11(16-17)24(20,21)18(22-8-1-2-8)23-9-3-4-9/h5-6,8-10,19,22-23H,1-4,7H2. The van der Waals surface area contributed by atoms with Gasteiger partial charge in [-0.3, -0.25) is 4.68 Å². The van der Waals surface area contributed by atoms with Gasteiger partial charge in [-0.05, 0) is 60.5 Å². The molecule has 3 unspecified atom stereocenters. The maximum absolute atomic E-state index is 12.7. The molecule has 2 aliphatic rings. The Labute approximate surface area is 141 Å². The number of aliphatic hydroxyl groups is 1. The van der Waals surface area contributed by atoms with Crippen LogP contribution in [0.1, 0.15) is 25.7 Å². The smallest absolute Gasteiger partial charge is 0.382 e. The molecule has 1 aromatic rings. The molecule has 1 aromatic heterocycles. The number of halogens is 3. The van der Waals surface area contributed by atoms with Gasteiger partial charge >= 0.3 is 6.18 Å². The lowest BCUT2D eigenvalue weighted by Gasteiger charge is -2.20. The molecule has 0 aromatic carbocycles. The highest BCUT2D eigenvalue weighted by atomic mass is 32.2. The zero-order chi connectivity index (χ0) is 17.5. The summed E-state index contributed by atoms with van der Waals surface area (Å²) in [5.41, 5.74) is 0.806. The first-order valence-electron chi connectivity index (χ1n) is 7.52. The van der Waals surface area contributed by atoms with Crippen LogP contribution >= 0.6 is 17.5 Å². The highest BCUT2D eigenvalue weighted by Gasteiger charge is 2.39. The van der Waals surface area contributed by atoms with E-state index in [1.807, 2.05) is 0 Å². The average molecular weight is 403 g/mol. The van der Waals surface area contributed by atoms with Crippen molar-refractivity contribution in [2.24, 2.45) is 0 Å². The lowest BCUT2D eigenvalue weighted by Crippen LogP contribution is -2.33. The van der Waals surface area contributed by atoms with Crippen molar-refractivity contribution < 1.29 is 26.7 Å². The van der Waals surface area contributed by atoms with E-state index in [0.717, 1.165) is 36.6 Å². The van der Waals surface area contributed by atoms with Crippen molar-refractivity contribution in [3.05, 3.63) is 12.3 Å². The van der Waals surface area contributed by atoms with Crippen LogP contribution in [0.2, 0.25) is 0 Å². The van der Waals surface area contributed by atoms with Crippen LogP contribution in [0.5, 0.6) is 0 Å². The summed E-state index contributed by atoms with van der Waals surface area (Å²) >= 11 is 0. The Morgan fingerprint density at radius 1 is 1.29 bits per heavy atom. The zero-order valence-electron chi connectivity index (χ0n) is 12.6. The highest BCUT2D eigenvalue weighted by molar-refractivity contribution is 7.97. The lowest BCUT2D eigenvalue weighted by molar-refractivity contribution is -0.208. The minimum Gasteiger partial charge on any atom is -0.382 e. The topological polar surface area (TPSA) is 75.4 Å². The van der Waals surface area contributed by atoms with E-state index in [0.29, 0.717) is 11.3 Å². The summed E-state index contributed by atoms with van der Waals surface area (Å²) in [4.78, 5) is 0. The average Bonchev–Trinajstić information content (AvgIpc) is 3.39. The predicted molar refractivity (Wildman–Crippen MR) is 86.0 cm³/mol. The van der Waals surface area contributed by atoms with Gasteiger partial charge in [0.2, 0.25) is 0 Å². The van der Waals surface area contributed by atoms with E-state index < -0.39 is 28.8 Å². The summed E-state index contributed by atoms with van der Waals surface area (Å²) in [7, 11) is -3.45. The Morgan fingerprint density at radius 2 is 1.83 bits per heavy atom. The summed E-state index contributed by atoms with van der Waals surface area (Å²) in [6.45, 7) is -0.825. The van der Waals surface area contributed by atoms with E-state index >= 15 is 0 Å². The second-order valence-corrected chi connectivity index (χ2v) is 11.9. The number of hydrogen-bond donors (Lipinski definition) is 1. The van der Waals surface area contributed by atoms with Crippen LogP contribution in [0.3, 0.4) is 0 Å². The summed E-state index contributed by atoms with van der Waals surface area (Å²) in [5, 5.41) is 12.6. The summed E-state index contributed by atoms with van der Waals surface area (Å²) in [6.07, 6.45) is -2.11. The minimum atomic E-state index is -4.77. The van der Waals surface area contributed by atoms with E-state index in [2.05, 4.69) is 5.10 Å². The normalized spacial score (nSPS) is 21.5. The third-order valence-corrected chi connectivity index (χ3v) is 10.0. The molecule has 2 fully saturated rings. The number of aromatic nitrogens is 2. The lowest BCUT2D eigenvalue weighted by atomic mass is 10.3. The number of rotatable bonds is 8. The first-order chi connectivity index (χ1) is 11.2. The summed E-state index contributed by atoms with van der Waals surface area (Å²) < 4.78 is 64.9. The largest absolute Gasteiger partial charge is 0.416 e. The van der Waals surface area contributed by atoms with Crippen LogP contribution in [0.15, 0.2) is 17.3 Å². The molecule has 2 saturated carbocycles. The van der Waals surface area contributed by atoms with Crippen molar-refractivity contribution in [3.8, 4) is 0 Å². The second kappa shape index (κ2) is 6.80. The Bertz CT molecular complexity index is 675. The fraction of sp³-hybridized carbons (Fsp3) is 0.750. The van der Waals surface area contributed by atoms with Gasteiger partial charge in [0.25, 0.3) is 10.0 Å². The Hall–Kier alpha value is -0.270. The van der Waals surface area contributed by atoms with Gasteiger partial charge in [0.05, 0.1) is 6.54 Å². The Balaban J connectivity index is 1.73. The quantitative estimate of drug-likeness (QED) is 0.676. The van der Waals surface area contributed by atoms with Crippen LogP contribution in [0.25, 0.3) is 0 Å². The van der Waals surface area contributed by atoms with E-state index in [-0.39, 0.29) is 22.5 Å². The Morgan fingerprint density at radius 3 is 2.29 bits per heavy atom. The van der Waals surface area contributed by atoms with E-state index in [1.165, 1.54) is 9.91 Å². The fourth-order valence-corrected chi connectivity index (χ4v) is 7.99. The molecule has 24 heavy (non-hydrogen) atoms. The number of nitrogens with zero attached hydrogens (tertiary/aromatic N) is 3. The van der Waals surface area contributed by atoms with Crippen molar-refractivity contribution in [2.45, 2.75) is 60.9 Å². The third-order valence-electron chi connectivity index (χ3n) is 3.61. The van der Waals surface area contributed by atoms with Gasteiger partial charge < -0.3 is 5.11 Å². The SMILES string of the molecule is O=S(=O)(c1ccn(CC(O)C(F)(F)F)n1)N(PC1CC1)PC1CC1. The van der Waals surface area contributed by atoms with Crippen molar-refractivity contribution >= 4 is 27.5 Å². The van der Waals surface area contributed by atoms with Crippen LogP contribution in [-0.2, 0) is 16.6 Å². The minimum absolute atomic E-state index is 0.176. The molecule has 136 valence electrons. The van der Waals surface area contributed by atoms with Crippen LogP contribution in [0.4, 0.5) is 13.2 Å². The van der Waals surface area contributed by atoms with Crippen molar-refractivity contribution in [1.82, 2.24) is 13.6 Å². The molecule has 3 rings (SSSR count). The molecular formula is C12H18F3N3O3P2S. The first kappa shape index (κ1) is 18.5. The molecule has 1 heterocycles. The van der Waals surface area contributed by atoms with Gasteiger partial charge in [-0.25, -0.2) is 8.42 Å². The molecule has 0 saturated heterocycles. The molecule has 0 amide bonds. The van der Waals surface area contributed by atoms with E-state index in [4.69, 9.17) is 5.11 Å². The maximum atomic E-state index is 12.7. The predicted octanol–water partition coefficient (Wildman–Crippen LogP) is 2.31. The van der Waals surface area contributed by atoms with Gasteiger partial charge in [-0.15, -0.1) is 0 Å². The zero-order valence-corrected chi connectivity index (χ0v) is 15.4. The molecule has 1 N–H and O–H groups in total. The molecule has 6 nitrogen and oxygen atoms in total. The van der Waals surface area contributed by atoms with Crippen LogP contribution in [-0.4, -0.2) is 50.7 Å². The molecular weight excluding hydrogens is 385 g/mol. The number of sulfonamides is 1. The molecule has 12 heteroatoms. The molecule has 0 bridgehead atoms. The Kier molecular flexibility index (Phi) is 5.25. The van der Waals surface area contributed by atoms with Crippen LogP contribution < -0.4 is 0 Å². The number of alkyl halides is 3. The molecule has 0 aliphatic heterocycles. The highest BCUT2D eigenvalue weighted by Crippen LogP contribution is 2.54. The molecule has 3 atom stereocenters. The van der Waals surface area contributed by atoms with Gasteiger partial charge in [-0.1, -0.05) is 0 Å². The molecule has 2 aliphatic carbocycles. The monoisotopic (exact) mass is 403 g/mol. The van der Waals surface area contributed by atoms with E-state index in [1.54, 1.807) is 0 Å². The van der Waals surface area contributed by atoms with Gasteiger partial charge in [-0.2, -0.15) is 22.1 Å². The van der Waals surface area contributed by atoms with Crippen LogP contribution in [0, 0.1) is 0 Å². The van der Waals surface area contributed by atoms with Crippen molar-refractivity contribution in [1.29, 1.82) is 0 Å². The number of hydrogen-bond acceptors (Lipinski definition) is 4. The van der Waals surface area contributed by atoms with Crippen molar-refractivity contribution in [2.75, 3.05) is 0 Å². The second-order valence-electron chi connectivity index (χ2n) is 6.01. The molecule has 0 spiro atoms. The van der Waals surface area contributed by atoms with Crippen molar-refractivity contribution in [3.63, 3.8) is 0 Å². The van der Waals surface area contributed by atoms with Gasteiger partial charge in [0, 0.05) is 6.20 Å². The maximum Gasteiger partial charge on any atom is 0.416 e. The van der Waals surface area contributed by atoms with Gasteiger partial charge in [0.15, 0.2) is 11.1 Å². The summed E-state index contributed by atoms with van der Waals surface area (Å²) in [5.74, 6) is 0. The summed E-state index contributed by atoms with van der Waals surface area (Å²) in [6, 6.07) is 1.19. The third kappa shape index (κ3) is 4.67. The van der Waals surface area contributed by atoms with E-state index in [9.17, 15) is 21.6 Å². The first-order valence-corrected chi connectivity index (χ1v) is 11.0.